The number of carbonyl (C=O) groups excluding carboxylic acids is 1. The SMILES string of the molecule is Cc1ncc(-c2nc3[nH]c(=O)cc(C(N)=O)c3nc2-c2ccc3ncccc3c2)s1. The summed E-state index contributed by atoms with van der Waals surface area (Å²) in [5, 5.41) is 1.82. The van der Waals surface area contributed by atoms with Gasteiger partial charge in [0.15, 0.2) is 5.65 Å². The highest BCUT2D eigenvalue weighted by atomic mass is 32.1. The van der Waals surface area contributed by atoms with Gasteiger partial charge in [-0.2, -0.15) is 0 Å². The molecule has 9 heteroatoms. The number of thiazole rings is 1. The van der Waals surface area contributed by atoms with Crippen LogP contribution in [0.3, 0.4) is 0 Å². The molecule has 4 aromatic heterocycles. The fourth-order valence-electron chi connectivity index (χ4n) is 3.32. The van der Waals surface area contributed by atoms with Crippen molar-refractivity contribution < 1.29 is 4.79 Å². The normalized spacial score (nSPS) is 11.2. The van der Waals surface area contributed by atoms with E-state index >= 15 is 0 Å². The molecule has 0 fully saturated rings. The zero-order chi connectivity index (χ0) is 20.8. The van der Waals surface area contributed by atoms with Crippen LogP contribution in [-0.4, -0.2) is 30.8 Å². The van der Waals surface area contributed by atoms with E-state index in [1.807, 2.05) is 37.3 Å². The minimum absolute atomic E-state index is 0.0250. The Labute approximate surface area is 173 Å². The van der Waals surface area contributed by atoms with E-state index in [1.54, 1.807) is 12.4 Å². The van der Waals surface area contributed by atoms with E-state index in [0.717, 1.165) is 32.4 Å². The topological polar surface area (TPSA) is 128 Å². The number of rotatable bonds is 3. The van der Waals surface area contributed by atoms with Crippen molar-refractivity contribution in [3.8, 4) is 21.8 Å². The van der Waals surface area contributed by atoms with Crippen LogP contribution in [0.25, 0.3) is 43.9 Å². The Morgan fingerprint density at radius 3 is 2.73 bits per heavy atom. The summed E-state index contributed by atoms with van der Waals surface area (Å²) >= 11 is 1.47. The van der Waals surface area contributed by atoms with E-state index in [2.05, 4.69) is 19.9 Å². The molecule has 0 saturated heterocycles. The third-order valence-electron chi connectivity index (χ3n) is 4.66. The zero-order valence-corrected chi connectivity index (χ0v) is 16.5. The summed E-state index contributed by atoms with van der Waals surface area (Å²) in [5.41, 5.74) is 8.26. The first-order valence-corrected chi connectivity index (χ1v) is 9.84. The molecular weight excluding hydrogens is 400 g/mol. The summed E-state index contributed by atoms with van der Waals surface area (Å²) in [6, 6.07) is 10.7. The van der Waals surface area contributed by atoms with Gasteiger partial charge in [0.1, 0.15) is 11.2 Å². The molecule has 0 aliphatic heterocycles. The molecule has 1 aromatic carbocycles. The molecule has 0 aliphatic rings. The molecular formula is C21H14N6O2S. The predicted molar refractivity (Wildman–Crippen MR) is 115 cm³/mol. The summed E-state index contributed by atoms with van der Waals surface area (Å²) in [4.78, 5) is 45.4. The van der Waals surface area contributed by atoms with Crippen molar-refractivity contribution in [2.75, 3.05) is 0 Å². The Kier molecular flexibility index (Phi) is 4.11. The number of fused-ring (bicyclic) bond motifs is 2. The van der Waals surface area contributed by atoms with Gasteiger partial charge in [0.05, 0.1) is 26.7 Å². The van der Waals surface area contributed by atoms with Crippen LogP contribution in [0, 0.1) is 6.92 Å². The highest BCUT2D eigenvalue weighted by Crippen LogP contribution is 2.34. The number of benzene rings is 1. The maximum absolute atomic E-state index is 12.0. The van der Waals surface area contributed by atoms with Crippen molar-refractivity contribution in [1.29, 1.82) is 0 Å². The minimum Gasteiger partial charge on any atom is -0.366 e. The molecule has 146 valence electrons. The van der Waals surface area contributed by atoms with Gasteiger partial charge >= 0.3 is 0 Å². The van der Waals surface area contributed by atoms with Crippen LogP contribution in [0.2, 0.25) is 0 Å². The maximum atomic E-state index is 12.0. The Balaban J connectivity index is 1.87. The largest absolute Gasteiger partial charge is 0.366 e. The molecule has 3 N–H and O–H groups in total. The average molecular weight is 414 g/mol. The van der Waals surface area contributed by atoms with E-state index in [-0.39, 0.29) is 16.7 Å². The number of amides is 1. The first-order valence-electron chi connectivity index (χ1n) is 9.02. The minimum atomic E-state index is -0.740. The number of carbonyl (C=O) groups is 1. The molecule has 1 amide bonds. The molecule has 0 atom stereocenters. The third-order valence-corrected chi connectivity index (χ3v) is 5.58. The lowest BCUT2D eigenvalue weighted by Gasteiger charge is -2.11. The first kappa shape index (κ1) is 18.1. The van der Waals surface area contributed by atoms with E-state index < -0.39 is 11.5 Å². The Hall–Kier alpha value is -3.98. The number of aromatic amines is 1. The fourth-order valence-corrected chi connectivity index (χ4v) is 4.09. The summed E-state index contributed by atoms with van der Waals surface area (Å²) in [7, 11) is 0. The monoisotopic (exact) mass is 414 g/mol. The molecule has 0 aliphatic carbocycles. The summed E-state index contributed by atoms with van der Waals surface area (Å²) in [6.45, 7) is 1.90. The van der Waals surface area contributed by atoms with Crippen molar-refractivity contribution in [2.45, 2.75) is 6.92 Å². The van der Waals surface area contributed by atoms with Gasteiger partial charge in [-0.25, -0.2) is 15.0 Å². The zero-order valence-electron chi connectivity index (χ0n) is 15.7. The van der Waals surface area contributed by atoms with Crippen LogP contribution in [0.5, 0.6) is 0 Å². The third kappa shape index (κ3) is 3.01. The van der Waals surface area contributed by atoms with Gasteiger partial charge in [-0.05, 0) is 25.1 Å². The molecule has 5 rings (SSSR count). The van der Waals surface area contributed by atoms with Gasteiger partial charge < -0.3 is 10.7 Å². The van der Waals surface area contributed by atoms with Crippen molar-refractivity contribution >= 4 is 39.3 Å². The molecule has 4 heterocycles. The molecule has 0 bridgehead atoms. The standard InChI is InChI=1S/C21H14N6O2S/c1-10-24-9-15(30-10)19-17(12-4-5-14-11(7-12)3-2-6-23-14)26-18-13(20(22)29)8-16(28)25-21(18)27-19/h2-9H,1H3,(H2,22,29)(H,25,27,28). The highest BCUT2D eigenvalue weighted by Gasteiger charge is 2.19. The van der Waals surface area contributed by atoms with Crippen LogP contribution >= 0.6 is 11.3 Å². The first-order chi connectivity index (χ1) is 14.5. The lowest BCUT2D eigenvalue weighted by Crippen LogP contribution is -2.18. The quantitative estimate of drug-likeness (QED) is 0.467. The summed E-state index contributed by atoms with van der Waals surface area (Å²) in [6.07, 6.45) is 3.46. The highest BCUT2D eigenvalue weighted by molar-refractivity contribution is 7.15. The van der Waals surface area contributed by atoms with Crippen molar-refractivity contribution in [1.82, 2.24) is 24.9 Å². The van der Waals surface area contributed by atoms with E-state index in [1.165, 1.54) is 11.3 Å². The number of aryl methyl sites for hydroxylation is 1. The average Bonchev–Trinajstić information content (AvgIpc) is 3.18. The van der Waals surface area contributed by atoms with E-state index in [9.17, 15) is 9.59 Å². The molecule has 5 aromatic rings. The Morgan fingerprint density at radius 1 is 1.10 bits per heavy atom. The van der Waals surface area contributed by atoms with Gasteiger partial charge in [0.2, 0.25) is 5.56 Å². The van der Waals surface area contributed by atoms with Gasteiger partial charge in [-0.1, -0.05) is 12.1 Å². The van der Waals surface area contributed by atoms with Gasteiger partial charge in [0.25, 0.3) is 5.91 Å². The van der Waals surface area contributed by atoms with Gasteiger partial charge in [-0.3, -0.25) is 14.6 Å². The summed E-state index contributed by atoms with van der Waals surface area (Å²) in [5.74, 6) is -0.740. The van der Waals surface area contributed by atoms with E-state index in [0.29, 0.717) is 11.4 Å². The van der Waals surface area contributed by atoms with E-state index in [4.69, 9.17) is 10.7 Å². The van der Waals surface area contributed by atoms with Crippen LogP contribution in [0.4, 0.5) is 0 Å². The molecule has 30 heavy (non-hydrogen) atoms. The molecule has 0 spiro atoms. The molecule has 0 unspecified atom stereocenters. The lowest BCUT2D eigenvalue weighted by molar-refractivity contribution is 0.100. The van der Waals surface area contributed by atoms with Crippen molar-refractivity contribution in [3.05, 3.63) is 69.7 Å². The summed E-state index contributed by atoms with van der Waals surface area (Å²) < 4.78 is 0. The fraction of sp³-hybridized carbons (Fsp3) is 0.0476. The number of primary amides is 1. The molecule has 0 saturated carbocycles. The number of aromatic nitrogens is 5. The van der Waals surface area contributed by atoms with Crippen LogP contribution in [0.1, 0.15) is 15.4 Å². The van der Waals surface area contributed by atoms with Crippen LogP contribution < -0.4 is 11.3 Å². The number of pyridine rings is 2. The number of nitrogens with two attached hydrogens (primary N) is 1. The van der Waals surface area contributed by atoms with Gasteiger partial charge in [0, 0.05) is 29.4 Å². The second kappa shape index (κ2) is 6.82. The second-order valence-electron chi connectivity index (χ2n) is 6.68. The lowest BCUT2D eigenvalue weighted by atomic mass is 10.1. The van der Waals surface area contributed by atoms with Gasteiger partial charge in [-0.15, -0.1) is 11.3 Å². The number of nitrogens with zero attached hydrogens (tertiary/aromatic N) is 4. The second-order valence-corrected chi connectivity index (χ2v) is 7.92. The number of H-pyrrole nitrogens is 1. The predicted octanol–water partition coefficient (Wildman–Crippen LogP) is 3.06. The Bertz CT molecular complexity index is 1520. The molecule has 8 nitrogen and oxygen atoms in total. The van der Waals surface area contributed by atoms with Crippen molar-refractivity contribution in [3.63, 3.8) is 0 Å². The van der Waals surface area contributed by atoms with Crippen LogP contribution in [0.15, 0.2) is 53.6 Å². The Morgan fingerprint density at radius 2 is 1.97 bits per heavy atom. The number of hydrogen-bond donors (Lipinski definition) is 2. The maximum Gasteiger partial charge on any atom is 0.251 e. The molecule has 0 radical (unpaired) electrons. The smallest absolute Gasteiger partial charge is 0.251 e. The van der Waals surface area contributed by atoms with Crippen LogP contribution in [-0.2, 0) is 0 Å². The number of hydrogen-bond acceptors (Lipinski definition) is 7. The van der Waals surface area contributed by atoms with Crippen molar-refractivity contribution in [2.24, 2.45) is 5.73 Å². The number of nitrogens with one attached hydrogen (secondary N) is 1.